The van der Waals surface area contributed by atoms with E-state index < -0.39 is 5.92 Å². The normalized spacial score (nSPS) is 16.2. The lowest BCUT2D eigenvalue weighted by atomic mass is 9.87. The van der Waals surface area contributed by atoms with Gasteiger partial charge in [-0.1, -0.05) is 0 Å². The van der Waals surface area contributed by atoms with Crippen molar-refractivity contribution in [1.82, 2.24) is 20.2 Å². The summed E-state index contributed by atoms with van der Waals surface area (Å²) in [6.07, 6.45) is 3.17. The maximum Gasteiger partial charge on any atom is 0.252 e. The minimum absolute atomic E-state index is 0.123. The maximum absolute atomic E-state index is 13.3. The van der Waals surface area contributed by atoms with E-state index in [-0.39, 0.29) is 18.9 Å². The summed E-state index contributed by atoms with van der Waals surface area (Å²) >= 11 is 0. The van der Waals surface area contributed by atoms with E-state index in [0.29, 0.717) is 5.65 Å². The summed E-state index contributed by atoms with van der Waals surface area (Å²) in [5.41, 5.74) is 1.54. The zero-order valence-electron chi connectivity index (χ0n) is 15.2. The Morgan fingerprint density at radius 2 is 1.96 bits per heavy atom. The number of hydrogen-bond donors (Lipinski definition) is 2. The number of benzene rings is 1. The molecule has 5 rings (SSSR count). The first kappa shape index (κ1) is 16.9. The summed E-state index contributed by atoms with van der Waals surface area (Å²) in [5.74, 6) is -1.06. The van der Waals surface area contributed by atoms with Gasteiger partial charge in [0, 0.05) is 49.4 Å². The van der Waals surface area contributed by atoms with Gasteiger partial charge in [0.05, 0.1) is 5.39 Å². The lowest BCUT2D eigenvalue weighted by Crippen LogP contribution is -2.49. The highest BCUT2D eigenvalue weighted by Gasteiger charge is 2.47. The van der Waals surface area contributed by atoms with Gasteiger partial charge >= 0.3 is 0 Å². The number of nitrogens with zero attached hydrogens (tertiary/aromatic N) is 4. The minimum atomic E-state index is -2.55. The quantitative estimate of drug-likeness (QED) is 0.546. The van der Waals surface area contributed by atoms with E-state index in [0.717, 1.165) is 33.5 Å². The summed E-state index contributed by atoms with van der Waals surface area (Å²) in [6, 6.07) is 11.5. The molecule has 0 atom stereocenters. The fourth-order valence-electron chi connectivity index (χ4n) is 3.69. The largest absolute Gasteiger partial charge is 0.356 e. The van der Waals surface area contributed by atoms with E-state index in [1.165, 1.54) is 0 Å². The molecule has 2 N–H and O–H groups in total. The van der Waals surface area contributed by atoms with Crippen LogP contribution in [0, 0.1) is 0 Å². The van der Waals surface area contributed by atoms with Crippen molar-refractivity contribution in [3.05, 3.63) is 48.8 Å². The molecule has 28 heavy (non-hydrogen) atoms. The molecule has 1 aliphatic carbocycles. The van der Waals surface area contributed by atoms with Crippen LogP contribution in [-0.2, 0) is 0 Å². The van der Waals surface area contributed by atoms with E-state index in [2.05, 4.69) is 25.5 Å². The minimum Gasteiger partial charge on any atom is -0.356 e. The zero-order chi connectivity index (χ0) is 19.3. The van der Waals surface area contributed by atoms with Crippen LogP contribution in [0.25, 0.3) is 21.8 Å². The van der Waals surface area contributed by atoms with Crippen molar-refractivity contribution < 1.29 is 8.78 Å². The predicted molar refractivity (Wildman–Crippen MR) is 105 cm³/mol. The van der Waals surface area contributed by atoms with Gasteiger partial charge in [-0.05, 0) is 41.8 Å². The van der Waals surface area contributed by atoms with Gasteiger partial charge < -0.3 is 10.2 Å². The van der Waals surface area contributed by atoms with E-state index in [1.807, 2.05) is 48.3 Å². The van der Waals surface area contributed by atoms with Gasteiger partial charge in [-0.25, -0.2) is 18.7 Å². The first-order chi connectivity index (χ1) is 13.5. The molecule has 1 aliphatic rings. The molecule has 1 saturated carbocycles. The van der Waals surface area contributed by atoms with E-state index in [9.17, 15) is 8.78 Å². The van der Waals surface area contributed by atoms with Crippen molar-refractivity contribution in [1.29, 1.82) is 0 Å². The van der Waals surface area contributed by atoms with Crippen molar-refractivity contribution in [2.45, 2.75) is 24.8 Å². The topological polar surface area (TPSA) is 69.7 Å². The van der Waals surface area contributed by atoms with Gasteiger partial charge in [-0.3, -0.25) is 5.10 Å². The number of alkyl halides is 2. The number of nitrogens with one attached hydrogen (secondary N) is 2. The Hall–Kier alpha value is -3.29. The lowest BCUT2D eigenvalue weighted by Gasteiger charge is -2.41. The number of fused-ring (bicyclic) bond motifs is 2. The highest BCUT2D eigenvalue weighted by atomic mass is 19.3. The van der Waals surface area contributed by atoms with Gasteiger partial charge in [0.15, 0.2) is 5.65 Å². The van der Waals surface area contributed by atoms with Crippen molar-refractivity contribution in [3.8, 4) is 0 Å². The predicted octanol–water partition coefficient (Wildman–Crippen LogP) is 4.48. The summed E-state index contributed by atoms with van der Waals surface area (Å²) in [6.45, 7) is 0. The molecule has 0 unspecified atom stereocenters. The highest BCUT2D eigenvalue weighted by molar-refractivity contribution is 5.96. The second-order valence-electron chi connectivity index (χ2n) is 7.20. The van der Waals surface area contributed by atoms with Crippen LogP contribution in [0.4, 0.5) is 26.1 Å². The Kier molecular flexibility index (Phi) is 3.68. The molecule has 1 fully saturated rings. The summed E-state index contributed by atoms with van der Waals surface area (Å²) in [5, 5.41) is 13.3. The van der Waals surface area contributed by atoms with Gasteiger partial charge in [-0.2, -0.15) is 5.10 Å². The van der Waals surface area contributed by atoms with E-state index >= 15 is 0 Å². The molecule has 3 aromatic heterocycles. The Morgan fingerprint density at radius 1 is 1.11 bits per heavy atom. The number of H-pyrrole nitrogens is 1. The van der Waals surface area contributed by atoms with Crippen LogP contribution in [0.5, 0.6) is 0 Å². The van der Waals surface area contributed by atoms with Crippen LogP contribution in [0.15, 0.2) is 48.8 Å². The summed E-state index contributed by atoms with van der Waals surface area (Å²) < 4.78 is 26.5. The van der Waals surface area contributed by atoms with Gasteiger partial charge in [0.2, 0.25) is 0 Å². The summed E-state index contributed by atoms with van der Waals surface area (Å²) in [7, 11) is 1.83. The Balaban J connectivity index is 1.45. The average Bonchev–Trinajstić information content (AvgIpc) is 3.08. The molecule has 142 valence electrons. The van der Waals surface area contributed by atoms with E-state index in [1.54, 1.807) is 12.4 Å². The monoisotopic (exact) mass is 380 g/mol. The second-order valence-corrected chi connectivity index (χ2v) is 7.20. The van der Waals surface area contributed by atoms with Gasteiger partial charge in [0.25, 0.3) is 5.92 Å². The fraction of sp³-hybridized carbons (Fsp3) is 0.250. The fourth-order valence-corrected chi connectivity index (χ4v) is 3.69. The molecule has 8 heteroatoms. The number of halogens is 2. The molecule has 0 spiro atoms. The van der Waals surface area contributed by atoms with Crippen molar-refractivity contribution in [2.75, 3.05) is 17.3 Å². The second kappa shape index (κ2) is 6.12. The molecular formula is C20H18F2N6. The van der Waals surface area contributed by atoms with Crippen LogP contribution in [-0.4, -0.2) is 39.2 Å². The first-order valence-corrected chi connectivity index (χ1v) is 9.06. The highest BCUT2D eigenvalue weighted by Crippen LogP contribution is 2.42. The molecule has 4 aromatic rings. The molecule has 0 amide bonds. The molecule has 3 heterocycles. The van der Waals surface area contributed by atoms with Crippen LogP contribution in [0.2, 0.25) is 0 Å². The molecule has 0 bridgehead atoms. The number of hydrogen-bond acceptors (Lipinski definition) is 5. The summed E-state index contributed by atoms with van der Waals surface area (Å²) in [4.78, 5) is 10.5. The number of aromatic nitrogens is 4. The van der Waals surface area contributed by atoms with Crippen molar-refractivity contribution in [2.24, 2.45) is 0 Å². The third-order valence-electron chi connectivity index (χ3n) is 5.29. The first-order valence-electron chi connectivity index (χ1n) is 9.06. The van der Waals surface area contributed by atoms with Crippen LogP contribution >= 0.6 is 0 Å². The molecule has 1 aromatic carbocycles. The number of anilines is 3. The number of pyridine rings is 2. The Bertz CT molecular complexity index is 1160. The van der Waals surface area contributed by atoms with Crippen LogP contribution < -0.4 is 10.2 Å². The van der Waals surface area contributed by atoms with E-state index in [4.69, 9.17) is 0 Å². The molecule has 0 aliphatic heterocycles. The molecule has 0 saturated heterocycles. The molecule has 6 nitrogen and oxygen atoms in total. The maximum atomic E-state index is 13.3. The van der Waals surface area contributed by atoms with Crippen LogP contribution in [0.1, 0.15) is 12.8 Å². The smallest absolute Gasteiger partial charge is 0.252 e. The molecular weight excluding hydrogens is 362 g/mol. The standard InChI is InChI=1S/C20H18F2N6/c1-28(14-10-20(21,22)11-14)19-15-5-4-13(9-12(15)6-8-24-19)25-18-16-3-2-7-23-17(16)26-27-18/h2-9,14H,10-11H2,1H3,(H2,23,25,26,27). The van der Waals surface area contributed by atoms with Gasteiger partial charge in [0.1, 0.15) is 11.6 Å². The number of aromatic amines is 1. The van der Waals surface area contributed by atoms with Crippen molar-refractivity contribution in [3.63, 3.8) is 0 Å². The lowest BCUT2D eigenvalue weighted by molar-refractivity contribution is -0.0849. The average molecular weight is 380 g/mol. The Morgan fingerprint density at radius 3 is 2.79 bits per heavy atom. The third-order valence-corrected chi connectivity index (χ3v) is 5.29. The zero-order valence-corrected chi connectivity index (χ0v) is 15.2. The van der Waals surface area contributed by atoms with Gasteiger partial charge in [-0.15, -0.1) is 0 Å². The third kappa shape index (κ3) is 2.81. The van der Waals surface area contributed by atoms with Crippen LogP contribution in [0.3, 0.4) is 0 Å². The SMILES string of the molecule is CN(c1nccc2cc(Nc3[nH]nc4ncccc34)ccc12)C1CC(F)(F)C1. The van der Waals surface area contributed by atoms with Crippen molar-refractivity contribution >= 4 is 39.1 Å². The Labute approximate surface area is 159 Å². The molecule has 0 radical (unpaired) electrons. The number of rotatable bonds is 4.